The van der Waals surface area contributed by atoms with E-state index in [0.717, 1.165) is 23.7 Å². The molecule has 0 aromatic heterocycles. The second kappa shape index (κ2) is 5.30. The molecule has 0 aliphatic heterocycles. The fraction of sp³-hybridized carbons (Fsp3) is 0.571. The number of methoxy groups -OCH3 is 1. The number of hydrogen-bond acceptors (Lipinski definition) is 3. The van der Waals surface area contributed by atoms with Crippen LogP contribution in [-0.2, 0) is 0 Å². The summed E-state index contributed by atoms with van der Waals surface area (Å²) in [5, 5.41) is 3.40. The van der Waals surface area contributed by atoms with Gasteiger partial charge >= 0.3 is 0 Å². The first-order valence-corrected chi connectivity index (χ1v) is 6.04. The number of rotatable bonds is 5. The fourth-order valence-corrected chi connectivity index (χ4v) is 1.34. The predicted octanol–water partition coefficient (Wildman–Crippen LogP) is 3.37. The number of nitrogens with one attached hydrogen (secondary N) is 1. The molecule has 0 aliphatic rings. The van der Waals surface area contributed by atoms with Gasteiger partial charge in [0.1, 0.15) is 5.75 Å². The Labute approximate surface area is 104 Å². The molecule has 1 aromatic rings. The van der Waals surface area contributed by atoms with Crippen molar-refractivity contribution in [2.45, 2.75) is 27.7 Å². The van der Waals surface area contributed by atoms with Gasteiger partial charge in [0.15, 0.2) is 0 Å². The van der Waals surface area contributed by atoms with Crippen molar-refractivity contribution >= 4 is 11.4 Å². The molecule has 96 valence electrons. The molecule has 0 aliphatic carbocycles. The normalized spacial score (nSPS) is 11.6. The van der Waals surface area contributed by atoms with E-state index in [0.29, 0.717) is 5.92 Å². The van der Waals surface area contributed by atoms with Gasteiger partial charge in [-0.05, 0) is 23.5 Å². The van der Waals surface area contributed by atoms with Gasteiger partial charge in [0.25, 0.3) is 0 Å². The lowest BCUT2D eigenvalue weighted by Crippen LogP contribution is -2.28. The molecule has 0 bridgehead atoms. The van der Waals surface area contributed by atoms with Crippen molar-refractivity contribution in [1.82, 2.24) is 0 Å². The number of ether oxygens (including phenoxy) is 1. The first-order valence-electron chi connectivity index (χ1n) is 6.04. The van der Waals surface area contributed by atoms with Crippen LogP contribution in [-0.4, -0.2) is 13.7 Å². The van der Waals surface area contributed by atoms with E-state index in [4.69, 9.17) is 10.5 Å². The third-order valence-corrected chi connectivity index (χ3v) is 3.56. The molecule has 17 heavy (non-hydrogen) atoms. The van der Waals surface area contributed by atoms with Crippen molar-refractivity contribution in [2.24, 2.45) is 11.3 Å². The van der Waals surface area contributed by atoms with Crippen LogP contribution >= 0.6 is 0 Å². The average molecular weight is 236 g/mol. The Morgan fingerprint density at radius 1 is 1.35 bits per heavy atom. The Morgan fingerprint density at radius 3 is 2.53 bits per heavy atom. The van der Waals surface area contributed by atoms with E-state index in [1.165, 1.54) is 0 Å². The number of hydrogen-bond donors (Lipinski definition) is 2. The summed E-state index contributed by atoms with van der Waals surface area (Å²) in [6.45, 7) is 9.86. The molecular weight excluding hydrogens is 212 g/mol. The molecule has 1 aromatic carbocycles. The molecule has 3 N–H and O–H groups in total. The zero-order valence-electron chi connectivity index (χ0n) is 11.5. The minimum absolute atomic E-state index is 0.232. The van der Waals surface area contributed by atoms with Crippen LogP contribution in [0.15, 0.2) is 18.2 Å². The summed E-state index contributed by atoms with van der Waals surface area (Å²) < 4.78 is 5.19. The van der Waals surface area contributed by atoms with E-state index in [-0.39, 0.29) is 5.41 Å². The van der Waals surface area contributed by atoms with E-state index in [9.17, 15) is 0 Å². The molecule has 0 unspecified atom stereocenters. The molecule has 0 saturated carbocycles. The first kappa shape index (κ1) is 13.7. The summed E-state index contributed by atoms with van der Waals surface area (Å²) in [5.74, 6) is 1.44. The predicted molar refractivity (Wildman–Crippen MR) is 74.5 cm³/mol. The number of nitrogens with two attached hydrogens (primary N) is 1. The highest BCUT2D eigenvalue weighted by Gasteiger charge is 2.22. The molecule has 0 amide bonds. The molecule has 0 atom stereocenters. The minimum atomic E-state index is 0.232. The molecule has 0 heterocycles. The monoisotopic (exact) mass is 236 g/mol. The maximum Gasteiger partial charge on any atom is 0.121 e. The van der Waals surface area contributed by atoms with Crippen molar-refractivity contribution in [2.75, 3.05) is 24.7 Å². The lowest BCUT2D eigenvalue weighted by molar-refractivity contribution is 0.269. The van der Waals surface area contributed by atoms with Crippen LogP contribution in [0.1, 0.15) is 27.7 Å². The van der Waals surface area contributed by atoms with Gasteiger partial charge in [-0.15, -0.1) is 0 Å². The molecule has 0 saturated heterocycles. The first-order chi connectivity index (χ1) is 7.86. The van der Waals surface area contributed by atoms with Gasteiger partial charge in [0.2, 0.25) is 0 Å². The molecule has 3 heteroatoms. The van der Waals surface area contributed by atoms with Gasteiger partial charge in [-0.25, -0.2) is 0 Å². The van der Waals surface area contributed by atoms with Crippen molar-refractivity contribution in [3.63, 3.8) is 0 Å². The van der Waals surface area contributed by atoms with Crippen LogP contribution in [0.4, 0.5) is 11.4 Å². The summed E-state index contributed by atoms with van der Waals surface area (Å²) >= 11 is 0. The van der Waals surface area contributed by atoms with Crippen molar-refractivity contribution < 1.29 is 4.74 Å². The zero-order chi connectivity index (χ0) is 13.1. The highest BCUT2D eigenvalue weighted by molar-refractivity contribution is 5.68. The van der Waals surface area contributed by atoms with E-state index in [1.54, 1.807) is 7.11 Å². The Hall–Kier alpha value is -1.38. The highest BCUT2D eigenvalue weighted by Crippen LogP contribution is 2.29. The number of nitrogen functional groups attached to an aromatic ring is 1. The molecule has 1 rings (SSSR count). The average Bonchev–Trinajstić information content (AvgIpc) is 2.28. The third-order valence-electron chi connectivity index (χ3n) is 3.56. The second-order valence-electron chi connectivity index (χ2n) is 5.45. The quantitative estimate of drug-likeness (QED) is 0.770. The standard InChI is InChI=1S/C14H24N2O/c1-10(2)14(3,4)9-16-13-8-11(17-5)6-7-12(13)15/h6-8,10,16H,9,15H2,1-5H3. The maximum atomic E-state index is 5.93. The Bertz CT molecular complexity index is 372. The van der Waals surface area contributed by atoms with Crippen molar-refractivity contribution in [3.05, 3.63) is 18.2 Å². The van der Waals surface area contributed by atoms with Crippen molar-refractivity contribution in [1.29, 1.82) is 0 Å². The van der Waals surface area contributed by atoms with Crippen LogP contribution in [0.5, 0.6) is 5.75 Å². The van der Waals surface area contributed by atoms with Crippen LogP contribution in [0.25, 0.3) is 0 Å². The Balaban J connectivity index is 2.75. The summed E-state index contributed by atoms with van der Waals surface area (Å²) in [6.07, 6.45) is 0. The smallest absolute Gasteiger partial charge is 0.121 e. The molecule has 0 spiro atoms. The lowest BCUT2D eigenvalue weighted by atomic mass is 9.81. The second-order valence-corrected chi connectivity index (χ2v) is 5.45. The summed E-state index contributed by atoms with van der Waals surface area (Å²) in [7, 11) is 1.66. The molecular formula is C14H24N2O. The van der Waals surface area contributed by atoms with Gasteiger partial charge in [0, 0.05) is 12.6 Å². The Morgan fingerprint density at radius 2 is 2.00 bits per heavy atom. The molecule has 0 radical (unpaired) electrons. The van der Waals surface area contributed by atoms with Crippen LogP contribution in [0.2, 0.25) is 0 Å². The van der Waals surface area contributed by atoms with Crippen molar-refractivity contribution in [3.8, 4) is 5.75 Å². The third kappa shape index (κ3) is 3.55. The summed E-state index contributed by atoms with van der Waals surface area (Å²) in [6, 6.07) is 5.67. The largest absolute Gasteiger partial charge is 0.497 e. The number of benzene rings is 1. The van der Waals surface area contributed by atoms with Gasteiger partial charge < -0.3 is 15.8 Å². The fourth-order valence-electron chi connectivity index (χ4n) is 1.34. The zero-order valence-corrected chi connectivity index (χ0v) is 11.5. The van der Waals surface area contributed by atoms with E-state index < -0.39 is 0 Å². The van der Waals surface area contributed by atoms with Crippen LogP contribution in [0.3, 0.4) is 0 Å². The molecule has 0 fully saturated rings. The Kier molecular flexibility index (Phi) is 4.27. The maximum absolute atomic E-state index is 5.93. The number of anilines is 2. The van der Waals surface area contributed by atoms with E-state index in [2.05, 4.69) is 33.0 Å². The summed E-state index contributed by atoms with van der Waals surface area (Å²) in [5.41, 5.74) is 7.86. The van der Waals surface area contributed by atoms with Crippen LogP contribution < -0.4 is 15.8 Å². The van der Waals surface area contributed by atoms with E-state index >= 15 is 0 Å². The lowest BCUT2D eigenvalue weighted by Gasteiger charge is -2.30. The van der Waals surface area contributed by atoms with Gasteiger partial charge in [-0.2, -0.15) is 0 Å². The highest BCUT2D eigenvalue weighted by atomic mass is 16.5. The van der Waals surface area contributed by atoms with Gasteiger partial charge in [-0.1, -0.05) is 27.7 Å². The van der Waals surface area contributed by atoms with Gasteiger partial charge in [-0.3, -0.25) is 0 Å². The van der Waals surface area contributed by atoms with Gasteiger partial charge in [0.05, 0.1) is 18.5 Å². The minimum Gasteiger partial charge on any atom is -0.497 e. The topological polar surface area (TPSA) is 47.3 Å². The summed E-state index contributed by atoms with van der Waals surface area (Å²) in [4.78, 5) is 0. The SMILES string of the molecule is COc1ccc(N)c(NCC(C)(C)C(C)C)c1. The van der Waals surface area contributed by atoms with Crippen LogP contribution in [0, 0.1) is 11.3 Å². The van der Waals surface area contributed by atoms with E-state index in [1.807, 2.05) is 18.2 Å². The molecule has 3 nitrogen and oxygen atoms in total.